The first-order chi connectivity index (χ1) is 12.2. The molecule has 25 heavy (non-hydrogen) atoms. The molecule has 2 N–H and O–H groups in total. The largest absolute Gasteiger partial charge is 0.490 e. The molecule has 0 unspecified atom stereocenters. The first-order valence-corrected chi connectivity index (χ1v) is 8.15. The summed E-state index contributed by atoms with van der Waals surface area (Å²) < 4.78 is 7.96. The third-order valence-corrected chi connectivity index (χ3v) is 4.35. The number of ether oxygens (including phenoxy) is 1. The van der Waals surface area contributed by atoms with Gasteiger partial charge in [0.2, 0.25) is 0 Å². The van der Waals surface area contributed by atoms with Crippen molar-refractivity contribution in [3.63, 3.8) is 0 Å². The lowest BCUT2D eigenvalue weighted by molar-refractivity contribution is 0.0994. The number of primary amides is 1. The summed E-state index contributed by atoms with van der Waals surface area (Å²) in [4.78, 5) is 26.1. The Morgan fingerprint density at radius 1 is 1.24 bits per heavy atom. The van der Waals surface area contributed by atoms with Crippen molar-refractivity contribution in [1.82, 2.24) is 19.4 Å². The summed E-state index contributed by atoms with van der Waals surface area (Å²) in [6.45, 7) is 1.69. The van der Waals surface area contributed by atoms with Gasteiger partial charge in [0.15, 0.2) is 5.82 Å². The van der Waals surface area contributed by atoms with Gasteiger partial charge in [0.05, 0.1) is 12.5 Å². The average Bonchev–Trinajstić information content (AvgIpc) is 3.11. The smallest absolute Gasteiger partial charge is 0.267 e. The number of imidazole rings is 1. The predicted octanol–water partition coefficient (Wildman–Crippen LogP) is 1.27. The maximum atomic E-state index is 11.2. The molecule has 0 radical (unpaired) electrons. The molecule has 0 aromatic carbocycles. The van der Waals surface area contributed by atoms with Gasteiger partial charge in [-0.1, -0.05) is 0 Å². The first-order valence-electron chi connectivity index (χ1n) is 8.15. The molecule has 8 heteroatoms. The molecule has 4 rings (SSSR count). The number of fused-ring (bicyclic) bond motifs is 1. The minimum Gasteiger partial charge on any atom is -0.490 e. The molecule has 1 fully saturated rings. The van der Waals surface area contributed by atoms with Crippen LogP contribution in [-0.4, -0.2) is 44.5 Å². The highest BCUT2D eigenvalue weighted by molar-refractivity contribution is 5.91. The van der Waals surface area contributed by atoms with Crippen LogP contribution in [0.2, 0.25) is 0 Å². The molecule has 0 spiro atoms. The van der Waals surface area contributed by atoms with Crippen LogP contribution in [0.25, 0.3) is 5.52 Å². The quantitative estimate of drug-likeness (QED) is 0.769. The van der Waals surface area contributed by atoms with Crippen LogP contribution in [0, 0.1) is 0 Å². The van der Waals surface area contributed by atoms with Crippen LogP contribution in [0.4, 0.5) is 5.82 Å². The van der Waals surface area contributed by atoms with Gasteiger partial charge in [-0.3, -0.25) is 9.78 Å². The summed E-state index contributed by atoms with van der Waals surface area (Å²) in [5, 5.41) is 0. The van der Waals surface area contributed by atoms with Crippen LogP contribution in [-0.2, 0) is 0 Å². The number of carbonyl (C=O) groups is 1. The fourth-order valence-electron chi connectivity index (χ4n) is 3.08. The number of anilines is 1. The van der Waals surface area contributed by atoms with Gasteiger partial charge in [0.25, 0.3) is 5.91 Å². The highest BCUT2D eigenvalue weighted by Crippen LogP contribution is 2.24. The number of piperidine rings is 1. The first kappa shape index (κ1) is 15.4. The molecule has 3 aromatic rings. The van der Waals surface area contributed by atoms with Crippen molar-refractivity contribution < 1.29 is 9.53 Å². The van der Waals surface area contributed by atoms with Crippen LogP contribution in [0.1, 0.15) is 23.3 Å². The number of aromatic nitrogens is 4. The zero-order valence-electron chi connectivity index (χ0n) is 13.6. The summed E-state index contributed by atoms with van der Waals surface area (Å²) in [5.74, 6) is 1.01. The number of carbonyl (C=O) groups excluding carboxylic acids is 1. The molecule has 1 amide bonds. The van der Waals surface area contributed by atoms with E-state index in [4.69, 9.17) is 10.5 Å². The van der Waals surface area contributed by atoms with Crippen LogP contribution < -0.4 is 15.4 Å². The molecule has 128 valence electrons. The van der Waals surface area contributed by atoms with Crippen molar-refractivity contribution in [3.05, 3.63) is 48.9 Å². The van der Waals surface area contributed by atoms with E-state index in [2.05, 4.69) is 19.9 Å². The highest BCUT2D eigenvalue weighted by atomic mass is 16.5. The fourth-order valence-corrected chi connectivity index (χ4v) is 3.08. The van der Waals surface area contributed by atoms with Gasteiger partial charge in [-0.2, -0.15) is 0 Å². The Kier molecular flexibility index (Phi) is 3.93. The van der Waals surface area contributed by atoms with Gasteiger partial charge in [0.1, 0.15) is 23.1 Å². The maximum Gasteiger partial charge on any atom is 0.267 e. The number of hydrogen-bond acceptors (Lipinski definition) is 6. The average molecular weight is 338 g/mol. The van der Waals surface area contributed by atoms with Crippen molar-refractivity contribution in [3.8, 4) is 5.75 Å². The van der Waals surface area contributed by atoms with E-state index in [1.165, 1.54) is 6.20 Å². The van der Waals surface area contributed by atoms with Gasteiger partial charge in [0, 0.05) is 50.6 Å². The monoisotopic (exact) mass is 338 g/mol. The summed E-state index contributed by atoms with van der Waals surface area (Å²) >= 11 is 0. The van der Waals surface area contributed by atoms with Crippen LogP contribution in [0.15, 0.2) is 43.2 Å². The number of hydrogen-bond donors (Lipinski definition) is 1. The highest BCUT2D eigenvalue weighted by Gasteiger charge is 2.23. The standard InChI is InChI=1S/C17H18N6O2/c18-16(24)14-9-13(1-4-20-14)25-12-2-6-22(7-3-12)17-15-10-19-11-23(15)8-5-21-17/h1,4-5,8-12H,2-3,6-7H2,(H2,18,24). The lowest BCUT2D eigenvalue weighted by Gasteiger charge is -2.33. The van der Waals surface area contributed by atoms with E-state index in [1.807, 2.05) is 16.8 Å². The van der Waals surface area contributed by atoms with Crippen LogP contribution in [0.3, 0.4) is 0 Å². The Morgan fingerprint density at radius 3 is 2.88 bits per heavy atom. The minimum atomic E-state index is -0.555. The minimum absolute atomic E-state index is 0.0871. The van der Waals surface area contributed by atoms with E-state index >= 15 is 0 Å². The van der Waals surface area contributed by atoms with Crippen LogP contribution >= 0.6 is 0 Å². The molecule has 0 saturated carbocycles. The fraction of sp³-hybridized carbons (Fsp3) is 0.294. The lowest BCUT2D eigenvalue weighted by atomic mass is 10.1. The van der Waals surface area contributed by atoms with E-state index in [9.17, 15) is 4.79 Å². The number of pyridine rings is 1. The van der Waals surface area contributed by atoms with Crippen molar-refractivity contribution in [1.29, 1.82) is 0 Å². The number of rotatable bonds is 4. The molecule has 0 aliphatic carbocycles. The molecule has 0 bridgehead atoms. The molecular formula is C17H18N6O2. The van der Waals surface area contributed by atoms with E-state index < -0.39 is 5.91 Å². The Bertz CT molecular complexity index is 901. The summed E-state index contributed by atoms with van der Waals surface area (Å²) in [6.07, 6.45) is 10.6. The second kappa shape index (κ2) is 6.39. The summed E-state index contributed by atoms with van der Waals surface area (Å²) in [6, 6.07) is 3.33. The zero-order chi connectivity index (χ0) is 17.2. The van der Waals surface area contributed by atoms with Gasteiger partial charge in [-0.05, 0) is 6.07 Å². The maximum absolute atomic E-state index is 11.2. The van der Waals surface area contributed by atoms with Crippen LogP contribution in [0.5, 0.6) is 5.75 Å². The lowest BCUT2D eigenvalue weighted by Crippen LogP contribution is -2.38. The van der Waals surface area contributed by atoms with Gasteiger partial charge in [-0.25, -0.2) is 9.97 Å². The van der Waals surface area contributed by atoms with Crippen molar-refractivity contribution in [2.24, 2.45) is 5.73 Å². The third-order valence-electron chi connectivity index (χ3n) is 4.35. The Labute approximate surface area is 144 Å². The molecule has 0 atom stereocenters. The topological polar surface area (TPSA) is 98.6 Å². The molecule has 1 aliphatic rings. The molecule has 1 saturated heterocycles. The van der Waals surface area contributed by atoms with Gasteiger partial charge >= 0.3 is 0 Å². The van der Waals surface area contributed by atoms with Gasteiger partial charge < -0.3 is 19.8 Å². The molecule has 3 aromatic heterocycles. The SMILES string of the molecule is NC(=O)c1cc(OC2CCN(c3nccn4cncc34)CC2)ccn1. The van der Waals surface area contributed by atoms with Crippen molar-refractivity contribution >= 4 is 17.2 Å². The van der Waals surface area contributed by atoms with Gasteiger partial charge in [-0.15, -0.1) is 0 Å². The predicted molar refractivity (Wildman–Crippen MR) is 91.6 cm³/mol. The molecular weight excluding hydrogens is 320 g/mol. The number of nitrogens with two attached hydrogens (primary N) is 1. The third kappa shape index (κ3) is 3.10. The van der Waals surface area contributed by atoms with Crippen molar-refractivity contribution in [2.45, 2.75) is 18.9 Å². The number of nitrogens with zero attached hydrogens (tertiary/aromatic N) is 5. The summed E-state index contributed by atoms with van der Waals surface area (Å²) in [5.41, 5.74) is 6.47. The zero-order valence-corrected chi connectivity index (χ0v) is 13.6. The van der Waals surface area contributed by atoms with E-state index in [-0.39, 0.29) is 11.8 Å². The normalized spacial score (nSPS) is 15.4. The molecule has 8 nitrogen and oxygen atoms in total. The van der Waals surface area contributed by atoms with E-state index in [1.54, 1.807) is 24.7 Å². The second-order valence-corrected chi connectivity index (χ2v) is 5.98. The second-order valence-electron chi connectivity index (χ2n) is 5.98. The summed E-state index contributed by atoms with van der Waals surface area (Å²) in [7, 11) is 0. The van der Waals surface area contributed by atoms with Crippen molar-refractivity contribution in [2.75, 3.05) is 18.0 Å². The van der Waals surface area contributed by atoms with E-state index in [0.717, 1.165) is 37.3 Å². The molecule has 4 heterocycles. The Morgan fingerprint density at radius 2 is 2.08 bits per heavy atom. The Hall–Kier alpha value is -3.16. The molecule has 1 aliphatic heterocycles. The van der Waals surface area contributed by atoms with E-state index in [0.29, 0.717) is 5.75 Å². The number of amides is 1. The Balaban J connectivity index is 1.42.